The Hall–Kier alpha value is -2.24. The van der Waals surface area contributed by atoms with Gasteiger partial charge in [-0.15, -0.1) is 0 Å². The Labute approximate surface area is 136 Å². The molecule has 0 radical (unpaired) electrons. The standard InChI is InChI=1S/C17H24N2O4/c1-12(20)19-8-6-13(7-9-19)11-18-17(21)14-4-5-15(22-2)16(10-14)23-3/h4-5,10,13H,6-9,11H2,1-3H3,(H,18,21). The highest BCUT2D eigenvalue weighted by molar-refractivity contribution is 5.94. The smallest absolute Gasteiger partial charge is 0.251 e. The molecular weight excluding hydrogens is 296 g/mol. The van der Waals surface area contributed by atoms with Crippen LogP contribution in [-0.4, -0.2) is 50.6 Å². The Morgan fingerprint density at radius 3 is 2.39 bits per heavy atom. The fraction of sp³-hybridized carbons (Fsp3) is 0.529. The molecule has 0 atom stereocenters. The highest BCUT2D eigenvalue weighted by Gasteiger charge is 2.21. The number of nitrogens with one attached hydrogen (secondary N) is 1. The summed E-state index contributed by atoms with van der Waals surface area (Å²) in [6.45, 7) is 3.76. The summed E-state index contributed by atoms with van der Waals surface area (Å²) >= 11 is 0. The van der Waals surface area contributed by atoms with Crippen LogP contribution in [0, 0.1) is 5.92 Å². The van der Waals surface area contributed by atoms with Crippen molar-refractivity contribution in [2.45, 2.75) is 19.8 Å². The molecule has 1 heterocycles. The van der Waals surface area contributed by atoms with E-state index in [-0.39, 0.29) is 11.8 Å². The minimum atomic E-state index is -0.125. The summed E-state index contributed by atoms with van der Waals surface area (Å²) in [6.07, 6.45) is 1.84. The highest BCUT2D eigenvalue weighted by atomic mass is 16.5. The van der Waals surface area contributed by atoms with Crippen LogP contribution >= 0.6 is 0 Å². The Bertz CT molecular complexity index is 566. The topological polar surface area (TPSA) is 67.9 Å². The predicted molar refractivity (Wildman–Crippen MR) is 86.9 cm³/mol. The van der Waals surface area contributed by atoms with Gasteiger partial charge in [0.05, 0.1) is 14.2 Å². The number of benzene rings is 1. The van der Waals surface area contributed by atoms with Crippen LogP contribution in [0.2, 0.25) is 0 Å². The first kappa shape index (κ1) is 17.1. The van der Waals surface area contributed by atoms with Gasteiger partial charge >= 0.3 is 0 Å². The average Bonchev–Trinajstić information content (AvgIpc) is 2.59. The number of methoxy groups -OCH3 is 2. The molecule has 1 aromatic carbocycles. The molecule has 0 bridgehead atoms. The lowest BCUT2D eigenvalue weighted by molar-refractivity contribution is -0.130. The molecule has 0 spiro atoms. The largest absolute Gasteiger partial charge is 0.493 e. The van der Waals surface area contributed by atoms with E-state index in [1.807, 2.05) is 4.90 Å². The molecule has 6 heteroatoms. The first-order valence-electron chi connectivity index (χ1n) is 7.81. The maximum Gasteiger partial charge on any atom is 0.251 e. The van der Waals surface area contributed by atoms with Crippen molar-refractivity contribution >= 4 is 11.8 Å². The summed E-state index contributed by atoms with van der Waals surface area (Å²) in [7, 11) is 3.10. The molecule has 1 aliphatic heterocycles. The third-order valence-corrected chi connectivity index (χ3v) is 4.26. The quantitative estimate of drug-likeness (QED) is 0.896. The zero-order chi connectivity index (χ0) is 16.8. The second-order valence-electron chi connectivity index (χ2n) is 5.73. The maximum atomic E-state index is 12.3. The zero-order valence-corrected chi connectivity index (χ0v) is 13.9. The second-order valence-corrected chi connectivity index (χ2v) is 5.73. The van der Waals surface area contributed by atoms with Gasteiger partial charge < -0.3 is 19.7 Å². The molecule has 1 aromatic rings. The van der Waals surface area contributed by atoms with Gasteiger partial charge in [-0.2, -0.15) is 0 Å². The summed E-state index contributed by atoms with van der Waals surface area (Å²) in [4.78, 5) is 25.4. The van der Waals surface area contributed by atoms with Crippen LogP contribution in [0.25, 0.3) is 0 Å². The van der Waals surface area contributed by atoms with Crippen molar-refractivity contribution in [3.8, 4) is 11.5 Å². The molecule has 2 rings (SSSR count). The molecule has 126 valence electrons. The van der Waals surface area contributed by atoms with Gasteiger partial charge in [-0.05, 0) is 37.0 Å². The van der Waals surface area contributed by atoms with Crippen molar-refractivity contribution in [3.05, 3.63) is 23.8 Å². The summed E-state index contributed by atoms with van der Waals surface area (Å²) < 4.78 is 10.4. The normalized spacial score (nSPS) is 15.2. The van der Waals surface area contributed by atoms with Crippen LogP contribution in [0.3, 0.4) is 0 Å². The molecule has 6 nitrogen and oxygen atoms in total. The van der Waals surface area contributed by atoms with Crippen LogP contribution in [0.5, 0.6) is 11.5 Å². The first-order chi connectivity index (χ1) is 11.0. The Morgan fingerprint density at radius 2 is 1.83 bits per heavy atom. The highest BCUT2D eigenvalue weighted by Crippen LogP contribution is 2.27. The third-order valence-electron chi connectivity index (χ3n) is 4.26. The van der Waals surface area contributed by atoms with Crippen molar-refractivity contribution in [1.82, 2.24) is 10.2 Å². The lowest BCUT2D eigenvalue weighted by atomic mass is 9.96. The van der Waals surface area contributed by atoms with E-state index in [1.54, 1.807) is 39.3 Å². The number of carbonyl (C=O) groups is 2. The fourth-order valence-corrected chi connectivity index (χ4v) is 2.77. The Morgan fingerprint density at radius 1 is 1.17 bits per heavy atom. The zero-order valence-electron chi connectivity index (χ0n) is 13.9. The maximum absolute atomic E-state index is 12.3. The van der Waals surface area contributed by atoms with E-state index in [0.29, 0.717) is 29.5 Å². The molecule has 1 aliphatic rings. The molecule has 0 unspecified atom stereocenters. The minimum Gasteiger partial charge on any atom is -0.493 e. The monoisotopic (exact) mass is 320 g/mol. The number of piperidine rings is 1. The van der Waals surface area contributed by atoms with Crippen LogP contribution in [0.1, 0.15) is 30.1 Å². The molecule has 1 N–H and O–H groups in total. The van der Waals surface area contributed by atoms with Crippen LogP contribution in [-0.2, 0) is 4.79 Å². The molecule has 1 fully saturated rings. The van der Waals surface area contributed by atoms with E-state index in [4.69, 9.17) is 9.47 Å². The molecule has 0 aliphatic carbocycles. The molecule has 1 saturated heterocycles. The number of hydrogen-bond donors (Lipinski definition) is 1. The van der Waals surface area contributed by atoms with Crippen molar-refractivity contribution in [3.63, 3.8) is 0 Å². The van der Waals surface area contributed by atoms with Gasteiger partial charge in [0.25, 0.3) is 5.91 Å². The van der Waals surface area contributed by atoms with Gasteiger partial charge in [-0.25, -0.2) is 0 Å². The fourth-order valence-electron chi connectivity index (χ4n) is 2.77. The minimum absolute atomic E-state index is 0.123. The van der Waals surface area contributed by atoms with Gasteiger partial charge in [-0.1, -0.05) is 0 Å². The van der Waals surface area contributed by atoms with Gasteiger partial charge in [0, 0.05) is 32.1 Å². The van der Waals surface area contributed by atoms with Crippen LogP contribution in [0.15, 0.2) is 18.2 Å². The van der Waals surface area contributed by atoms with E-state index in [2.05, 4.69) is 5.32 Å². The number of likely N-dealkylation sites (tertiary alicyclic amines) is 1. The summed E-state index contributed by atoms with van der Waals surface area (Å²) in [5.41, 5.74) is 0.545. The van der Waals surface area contributed by atoms with E-state index in [9.17, 15) is 9.59 Å². The average molecular weight is 320 g/mol. The lowest BCUT2D eigenvalue weighted by Gasteiger charge is -2.31. The molecular formula is C17H24N2O4. The number of hydrogen-bond acceptors (Lipinski definition) is 4. The number of carbonyl (C=O) groups excluding carboxylic acids is 2. The molecule has 2 amide bonds. The summed E-state index contributed by atoms with van der Waals surface area (Å²) in [6, 6.07) is 5.11. The molecule has 0 aromatic heterocycles. The van der Waals surface area contributed by atoms with Gasteiger partial charge in [0.2, 0.25) is 5.91 Å². The van der Waals surface area contributed by atoms with Crippen LogP contribution in [0.4, 0.5) is 0 Å². The summed E-state index contributed by atoms with van der Waals surface area (Å²) in [5, 5.41) is 2.96. The number of ether oxygens (including phenoxy) is 2. The van der Waals surface area contributed by atoms with E-state index < -0.39 is 0 Å². The molecule has 0 saturated carbocycles. The summed E-state index contributed by atoms with van der Waals surface area (Å²) in [5.74, 6) is 1.54. The SMILES string of the molecule is COc1ccc(C(=O)NCC2CCN(C(C)=O)CC2)cc1OC. The van der Waals surface area contributed by atoms with Crippen molar-refractivity contribution in [2.75, 3.05) is 33.9 Å². The lowest BCUT2D eigenvalue weighted by Crippen LogP contribution is -2.40. The Kier molecular flexibility index (Phi) is 5.84. The second kappa shape index (κ2) is 7.85. The van der Waals surface area contributed by atoms with Gasteiger partial charge in [-0.3, -0.25) is 9.59 Å². The number of amides is 2. The van der Waals surface area contributed by atoms with Crippen molar-refractivity contribution < 1.29 is 19.1 Å². The van der Waals surface area contributed by atoms with Crippen LogP contribution < -0.4 is 14.8 Å². The van der Waals surface area contributed by atoms with E-state index in [0.717, 1.165) is 25.9 Å². The number of nitrogens with zero attached hydrogens (tertiary/aromatic N) is 1. The van der Waals surface area contributed by atoms with E-state index >= 15 is 0 Å². The third kappa shape index (κ3) is 4.37. The van der Waals surface area contributed by atoms with Crippen molar-refractivity contribution in [2.24, 2.45) is 5.92 Å². The van der Waals surface area contributed by atoms with E-state index in [1.165, 1.54) is 0 Å². The predicted octanol–water partition coefficient (Wildman–Crippen LogP) is 1.69. The first-order valence-corrected chi connectivity index (χ1v) is 7.81. The van der Waals surface area contributed by atoms with Gasteiger partial charge in [0.15, 0.2) is 11.5 Å². The Balaban J connectivity index is 1.87. The van der Waals surface area contributed by atoms with Crippen molar-refractivity contribution in [1.29, 1.82) is 0 Å². The number of rotatable bonds is 5. The van der Waals surface area contributed by atoms with Gasteiger partial charge in [0.1, 0.15) is 0 Å². The molecule has 23 heavy (non-hydrogen) atoms.